The van der Waals surface area contributed by atoms with Crippen LogP contribution in [-0.2, 0) is 16.1 Å². The number of rotatable bonds is 6. The van der Waals surface area contributed by atoms with Gasteiger partial charge >= 0.3 is 5.97 Å². The normalized spacial score (nSPS) is 10.9. The fourth-order valence-electron chi connectivity index (χ4n) is 2.01. The first-order valence-corrected chi connectivity index (χ1v) is 8.24. The molecule has 128 valence electrons. The Hall–Kier alpha value is -2.48. The zero-order valence-corrected chi connectivity index (χ0v) is 15.0. The van der Waals surface area contributed by atoms with Crippen molar-refractivity contribution in [3.63, 3.8) is 0 Å². The van der Waals surface area contributed by atoms with Crippen LogP contribution < -0.4 is 4.74 Å². The summed E-state index contributed by atoms with van der Waals surface area (Å²) in [5.41, 5.74) is 1.39. The van der Waals surface area contributed by atoms with E-state index in [4.69, 9.17) is 37.9 Å². The first kappa shape index (κ1) is 18.9. The van der Waals surface area contributed by atoms with Crippen molar-refractivity contribution in [3.8, 4) is 11.8 Å². The van der Waals surface area contributed by atoms with Gasteiger partial charge in [-0.15, -0.1) is 0 Å². The van der Waals surface area contributed by atoms with Gasteiger partial charge in [-0.1, -0.05) is 41.4 Å². The van der Waals surface area contributed by atoms with Crippen molar-refractivity contribution in [2.45, 2.75) is 13.5 Å². The summed E-state index contributed by atoms with van der Waals surface area (Å²) in [4.78, 5) is 11.7. The molecule has 0 heterocycles. The first-order chi connectivity index (χ1) is 12.0. The van der Waals surface area contributed by atoms with Gasteiger partial charge in [-0.25, -0.2) is 4.79 Å². The van der Waals surface area contributed by atoms with Crippen LogP contribution in [0.5, 0.6) is 5.75 Å². The molecule has 0 radical (unpaired) electrons. The number of carbonyl (C=O) groups excluding carboxylic acids is 1. The van der Waals surface area contributed by atoms with E-state index in [1.54, 1.807) is 49.4 Å². The minimum atomic E-state index is -0.649. The van der Waals surface area contributed by atoms with Gasteiger partial charge in [0.15, 0.2) is 0 Å². The van der Waals surface area contributed by atoms with E-state index >= 15 is 0 Å². The number of hydrogen-bond donors (Lipinski definition) is 0. The molecule has 2 aromatic carbocycles. The Balaban J connectivity index is 2.13. The number of halogens is 2. The molecule has 0 aliphatic carbocycles. The van der Waals surface area contributed by atoms with Crippen molar-refractivity contribution in [2.75, 3.05) is 6.61 Å². The number of nitriles is 1. The van der Waals surface area contributed by atoms with Crippen LogP contribution in [0.1, 0.15) is 18.1 Å². The molecule has 2 aromatic rings. The molecule has 2 rings (SSSR count). The lowest BCUT2D eigenvalue weighted by Crippen LogP contribution is -2.06. The fraction of sp³-hybridized carbons (Fsp3) is 0.158. The standard InChI is InChI=1S/C19H15Cl2NO3/c1-2-24-19(23)15(11-22)8-13-4-3-5-17(9-13)25-12-14-6-7-16(20)10-18(14)21/h3-10H,2,12H2,1H3. The molecule has 0 atom stereocenters. The van der Waals surface area contributed by atoms with Gasteiger partial charge < -0.3 is 9.47 Å². The van der Waals surface area contributed by atoms with Crippen LogP contribution in [0.15, 0.2) is 48.0 Å². The molecule has 0 saturated carbocycles. The summed E-state index contributed by atoms with van der Waals surface area (Å²) < 4.78 is 10.6. The molecule has 0 saturated heterocycles. The van der Waals surface area contributed by atoms with Crippen LogP contribution in [-0.4, -0.2) is 12.6 Å². The van der Waals surface area contributed by atoms with E-state index in [0.717, 1.165) is 5.56 Å². The van der Waals surface area contributed by atoms with E-state index < -0.39 is 5.97 Å². The Kier molecular flexibility index (Phi) is 6.88. The van der Waals surface area contributed by atoms with Crippen molar-refractivity contribution in [1.82, 2.24) is 0 Å². The largest absolute Gasteiger partial charge is 0.489 e. The van der Waals surface area contributed by atoms with Crippen molar-refractivity contribution >= 4 is 35.2 Å². The number of benzene rings is 2. The smallest absolute Gasteiger partial charge is 0.348 e. The molecular formula is C19H15Cl2NO3. The van der Waals surface area contributed by atoms with Crippen LogP contribution in [0.3, 0.4) is 0 Å². The minimum absolute atomic E-state index is 0.0697. The van der Waals surface area contributed by atoms with Gasteiger partial charge in [0.1, 0.15) is 24.0 Å². The zero-order chi connectivity index (χ0) is 18.2. The zero-order valence-electron chi connectivity index (χ0n) is 13.5. The maximum Gasteiger partial charge on any atom is 0.348 e. The molecule has 0 fully saturated rings. The molecule has 0 aromatic heterocycles. The highest BCUT2D eigenvalue weighted by atomic mass is 35.5. The number of esters is 1. The van der Waals surface area contributed by atoms with Crippen LogP contribution in [0, 0.1) is 11.3 Å². The molecule has 0 spiro atoms. The average molecular weight is 376 g/mol. The monoisotopic (exact) mass is 375 g/mol. The number of hydrogen-bond acceptors (Lipinski definition) is 4. The molecule has 0 aliphatic rings. The summed E-state index contributed by atoms with van der Waals surface area (Å²) in [5, 5.41) is 10.2. The molecular weight excluding hydrogens is 361 g/mol. The molecule has 0 aliphatic heterocycles. The van der Waals surface area contributed by atoms with Crippen molar-refractivity contribution < 1.29 is 14.3 Å². The molecule has 0 N–H and O–H groups in total. The van der Waals surface area contributed by atoms with Gasteiger partial charge in [0.05, 0.1) is 6.61 Å². The van der Waals surface area contributed by atoms with Crippen LogP contribution in [0.4, 0.5) is 0 Å². The lowest BCUT2D eigenvalue weighted by molar-refractivity contribution is -0.137. The predicted molar refractivity (Wildman–Crippen MR) is 97.5 cm³/mol. The minimum Gasteiger partial charge on any atom is -0.489 e. The Morgan fingerprint density at radius 2 is 2.04 bits per heavy atom. The average Bonchev–Trinajstić information content (AvgIpc) is 2.59. The molecule has 6 heteroatoms. The molecule has 0 unspecified atom stereocenters. The highest BCUT2D eigenvalue weighted by Crippen LogP contribution is 2.23. The van der Waals surface area contributed by atoms with Gasteiger partial charge in [-0.2, -0.15) is 5.26 Å². The predicted octanol–water partition coefficient (Wildman–Crippen LogP) is 5.04. The Labute approximate surface area is 156 Å². The highest BCUT2D eigenvalue weighted by molar-refractivity contribution is 6.35. The van der Waals surface area contributed by atoms with Gasteiger partial charge in [0, 0.05) is 15.6 Å². The first-order valence-electron chi connectivity index (χ1n) is 7.49. The summed E-state index contributed by atoms with van der Waals surface area (Å²) >= 11 is 12.0. The second-order valence-corrected chi connectivity index (χ2v) is 5.83. The molecule has 4 nitrogen and oxygen atoms in total. The van der Waals surface area contributed by atoms with Crippen molar-refractivity contribution in [2.24, 2.45) is 0 Å². The molecule has 25 heavy (non-hydrogen) atoms. The van der Waals surface area contributed by atoms with Gasteiger partial charge in [-0.05, 0) is 42.8 Å². The van der Waals surface area contributed by atoms with E-state index in [1.165, 1.54) is 6.08 Å². The lowest BCUT2D eigenvalue weighted by Gasteiger charge is -2.09. The third kappa shape index (κ3) is 5.53. The third-order valence-electron chi connectivity index (χ3n) is 3.19. The van der Waals surface area contributed by atoms with Gasteiger partial charge in [-0.3, -0.25) is 0 Å². The SMILES string of the molecule is CCOC(=O)C(C#N)=Cc1cccc(OCc2ccc(Cl)cc2Cl)c1. The van der Waals surface area contributed by atoms with Crippen molar-refractivity contribution in [1.29, 1.82) is 5.26 Å². The highest BCUT2D eigenvalue weighted by Gasteiger charge is 2.10. The van der Waals surface area contributed by atoms with Crippen LogP contribution >= 0.6 is 23.2 Å². The Morgan fingerprint density at radius 1 is 1.24 bits per heavy atom. The van der Waals surface area contributed by atoms with E-state index in [9.17, 15) is 4.79 Å². The summed E-state index contributed by atoms with van der Waals surface area (Å²) in [6.45, 7) is 2.16. The number of nitrogens with zero attached hydrogens (tertiary/aromatic N) is 1. The van der Waals surface area contributed by atoms with E-state index in [0.29, 0.717) is 21.4 Å². The lowest BCUT2D eigenvalue weighted by atomic mass is 10.1. The summed E-state index contributed by atoms with van der Waals surface area (Å²) in [5.74, 6) is -0.0646. The maximum absolute atomic E-state index is 11.7. The van der Waals surface area contributed by atoms with Crippen molar-refractivity contribution in [3.05, 3.63) is 69.2 Å². The molecule has 0 amide bonds. The maximum atomic E-state index is 11.7. The fourth-order valence-corrected chi connectivity index (χ4v) is 2.47. The van der Waals surface area contributed by atoms with Crippen LogP contribution in [0.2, 0.25) is 10.0 Å². The summed E-state index contributed by atoms with van der Waals surface area (Å²) in [7, 11) is 0. The number of ether oxygens (including phenoxy) is 2. The Bertz CT molecular complexity index is 841. The number of carbonyl (C=O) groups is 1. The van der Waals surface area contributed by atoms with Gasteiger partial charge in [0.2, 0.25) is 0 Å². The van der Waals surface area contributed by atoms with Gasteiger partial charge in [0.25, 0.3) is 0 Å². The Morgan fingerprint density at radius 3 is 2.72 bits per heavy atom. The second-order valence-electron chi connectivity index (χ2n) is 4.99. The van der Waals surface area contributed by atoms with E-state index in [1.807, 2.05) is 6.07 Å². The summed E-state index contributed by atoms with van der Waals surface area (Å²) in [6, 6.07) is 14.1. The summed E-state index contributed by atoms with van der Waals surface area (Å²) in [6.07, 6.45) is 1.46. The topological polar surface area (TPSA) is 59.3 Å². The van der Waals surface area contributed by atoms with E-state index in [2.05, 4.69) is 0 Å². The molecule has 0 bridgehead atoms. The quantitative estimate of drug-likeness (QED) is 0.403. The van der Waals surface area contributed by atoms with E-state index in [-0.39, 0.29) is 18.8 Å². The second kappa shape index (κ2) is 9.12. The van der Waals surface area contributed by atoms with Crippen LogP contribution in [0.25, 0.3) is 6.08 Å². The third-order valence-corrected chi connectivity index (χ3v) is 3.78.